The Balaban J connectivity index is 1.85. The molecular formula is C19H21F3N4O3. The van der Waals surface area contributed by atoms with Crippen LogP contribution in [0.15, 0.2) is 18.2 Å². The second kappa shape index (κ2) is 8.29. The second-order valence-corrected chi connectivity index (χ2v) is 7.10. The lowest BCUT2D eigenvalue weighted by Gasteiger charge is -2.41. The summed E-state index contributed by atoms with van der Waals surface area (Å²) in [5.41, 5.74) is -1.23. The van der Waals surface area contributed by atoms with Crippen molar-refractivity contribution < 1.29 is 27.5 Å². The van der Waals surface area contributed by atoms with Gasteiger partial charge in [-0.2, -0.15) is 18.4 Å². The van der Waals surface area contributed by atoms with Gasteiger partial charge in [-0.1, -0.05) is 0 Å². The Labute approximate surface area is 166 Å². The number of carbonyl (C=O) groups is 2. The van der Waals surface area contributed by atoms with Crippen LogP contribution in [-0.2, 0) is 20.5 Å². The van der Waals surface area contributed by atoms with E-state index in [2.05, 4.69) is 5.32 Å². The molecule has 10 heteroatoms. The van der Waals surface area contributed by atoms with Crippen molar-refractivity contribution in [1.29, 1.82) is 5.26 Å². The van der Waals surface area contributed by atoms with Gasteiger partial charge in [-0.05, 0) is 31.0 Å². The minimum Gasteiger partial charge on any atom is -0.375 e. The van der Waals surface area contributed by atoms with Gasteiger partial charge in [0.25, 0.3) is 0 Å². The average Bonchev–Trinajstić information content (AvgIpc) is 3.50. The number of nitrogens with one attached hydrogen (secondary N) is 1. The van der Waals surface area contributed by atoms with Gasteiger partial charge >= 0.3 is 6.18 Å². The summed E-state index contributed by atoms with van der Waals surface area (Å²) in [4.78, 5) is 28.1. The third-order valence-corrected chi connectivity index (χ3v) is 4.99. The van der Waals surface area contributed by atoms with Crippen LogP contribution in [0.2, 0.25) is 0 Å². The van der Waals surface area contributed by atoms with Gasteiger partial charge in [-0.3, -0.25) is 9.59 Å². The predicted molar refractivity (Wildman–Crippen MR) is 96.9 cm³/mol. The fourth-order valence-corrected chi connectivity index (χ4v) is 3.33. The van der Waals surface area contributed by atoms with E-state index in [4.69, 9.17) is 10.00 Å². The first-order chi connectivity index (χ1) is 13.7. The highest BCUT2D eigenvalue weighted by Gasteiger charge is 2.39. The molecule has 0 bridgehead atoms. The van der Waals surface area contributed by atoms with Crippen LogP contribution in [-0.4, -0.2) is 62.1 Å². The van der Waals surface area contributed by atoms with Gasteiger partial charge in [-0.25, -0.2) is 0 Å². The summed E-state index contributed by atoms with van der Waals surface area (Å²) in [5, 5.41) is 11.8. The maximum atomic E-state index is 13.3. The Kier molecular flexibility index (Phi) is 5.98. The minimum atomic E-state index is -4.67. The molecule has 0 radical (unpaired) electrons. The fourth-order valence-electron chi connectivity index (χ4n) is 3.33. The van der Waals surface area contributed by atoms with Crippen molar-refractivity contribution in [2.75, 3.05) is 38.3 Å². The number of carbonyl (C=O) groups excluding carboxylic acids is 2. The lowest BCUT2D eigenvalue weighted by Crippen LogP contribution is -2.61. The van der Waals surface area contributed by atoms with Crippen LogP contribution in [0.5, 0.6) is 0 Å². The number of halogens is 3. The number of benzene rings is 1. The van der Waals surface area contributed by atoms with E-state index in [1.807, 2.05) is 0 Å². The molecular weight excluding hydrogens is 389 g/mol. The average molecular weight is 410 g/mol. The van der Waals surface area contributed by atoms with Gasteiger partial charge in [0.05, 0.1) is 17.2 Å². The van der Waals surface area contributed by atoms with E-state index in [-0.39, 0.29) is 49.8 Å². The van der Waals surface area contributed by atoms with E-state index in [0.29, 0.717) is 0 Å². The number of piperazine rings is 1. The second-order valence-electron chi connectivity index (χ2n) is 7.10. The fraction of sp³-hybridized carbons (Fsp3) is 0.526. The first-order valence-corrected chi connectivity index (χ1v) is 9.19. The van der Waals surface area contributed by atoms with E-state index >= 15 is 0 Å². The summed E-state index contributed by atoms with van der Waals surface area (Å²) < 4.78 is 44.7. The lowest BCUT2D eigenvalue weighted by atomic mass is 10.0. The molecule has 156 valence electrons. The number of rotatable bonds is 5. The number of nitriles is 1. The smallest absolute Gasteiger partial charge is 0.375 e. The number of anilines is 1. The summed E-state index contributed by atoms with van der Waals surface area (Å²) in [7, 11) is 1.38. The van der Waals surface area contributed by atoms with Crippen molar-refractivity contribution in [2.24, 2.45) is 0 Å². The van der Waals surface area contributed by atoms with E-state index in [1.165, 1.54) is 18.1 Å². The molecule has 1 heterocycles. The summed E-state index contributed by atoms with van der Waals surface area (Å²) >= 11 is 0. The number of amides is 2. The molecule has 1 aliphatic heterocycles. The Morgan fingerprint density at radius 1 is 1.31 bits per heavy atom. The molecule has 0 aromatic heterocycles. The van der Waals surface area contributed by atoms with Crippen LogP contribution in [0.1, 0.15) is 24.0 Å². The highest BCUT2D eigenvalue weighted by Crippen LogP contribution is 2.35. The van der Waals surface area contributed by atoms with Crippen LogP contribution in [0.25, 0.3) is 0 Å². The highest BCUT2D eigenvalue weighted by molar-refractivity contribution is 5.89. The quantitative estimate of drug-likeness (QED) is 0.796. The van der Waals surface area contributed by atoms with Crippen LogP contribution in [0.4, 0.5) is 18.9 Å². The topological polar surface area (TPSA) is 85.7 Å². The zero-order valence-electron chi connectivity index (χ0n) is 15.8. The molecule has 1 aliphatic carbocycles. The van der Waals surface area contributed by atoms with Crippen molar-refractivity contribution in [1.82, 2.24) is 10.2 Å². The Hall–Kier alpha value is -2.80. The molecule has 29 heavy (non-hydrogen) atoms. The third kappa shape index (κ3) is 4.79. The molecule has 1 aromatic rings. The van der Waals surface area contributed by atoms with Gasteiger partial charge in [0, 0.05) is 38.5 Å². The molecule has 1 saturated heterocycles. The molecule has 2 aliphatic rings. The lowest BCUT2D eigenvalue weighted by molar-refractivity contribution is -0.143. The van der Waals surface area contributed by atoms with Gasteiger partial charge in [0.15, 0.2) is 0 Å². The summed E-state index contributed by atoms with van der Waals surface area (Å²) in [6.45, 7) is 0.303. The molecule has 1 N–H and O–H groups in total. The van der Waals surface area contributed by atoms with Crippen LogP contribution in [0, 0.1) is 11.3 Å². The summed E-state index contributed by atoms with van der Waals surface area (Å²) in [5.74, 6) is -0.676. The van der Waals surface area contributed by atoms with Crippen molar-refractivity contribution in [3.63, 3.8) is 0 Å². The van der Waals surface area contributed by atoms with E-state index in [1.54, 1.807) is 11.0 Å². The van der Waals surface area contributed by atoms with Crippen LogP contribution >= 0.6 is 0 Å². The van der Waals surface area contributed by atoms with Gasteiger partial charge in [-0.15, -0.1) is 0 Å². The number of methoxy groups -OCH3 is 1. The Morgan fingerprint density at radius 3 is 2.62 bits per heavy atom. The first kappa shape index (κ1) is 20.9. The monoisotopic (exact) mass is 410 g/mol. The Bertz CT molecular complexity index is 833. The van der Waals surface area contributed by atoms with Crippen molar-refractivity contribution in [3.05, 3.63) is 29.3 Å². The molecule has 1 atom stereocenters. The zero-order chi connectivity index (χ0) is 21.2. The molecule has 1 unspecified atom stereocenters. The molecule has 7 nitrogen and oxygen atoms in total. The maximum absolute atomic E-state index is 13.3. The van der Waals surface area contributed by atoms with E-state index in [0.717, 1.165) is 25.0 Å². The first-order valence-electron chi connectivity index (χ1n) is 9.19. The number of nitrogens with zero attached hydrogens (tertiary/aromatic N) is 3. The van der Waals surface area contributed by atoms with Gasteiger partial charge < -0.3 is 19.9 Å². The molecule has 2 fully saturated rings. The standard InChI is InChI=1S/C19H21F3N4O3/c1-29-11-17(27)26-7-6-25(10-16(26)18(28)24-13-3-4-13)14-5-2-12(9-23)15(8-14)19(20,21)22/h2,5,8,13,16H,3-4,6-7,10-11H2,1H3,(H,24,28). The molecule has 1 saturated carbocycles. The normalized spacial score (nSPS) is 19.6. The number of alkyl halides is 3. The van der Waals surface area contributed by atoms with E-state index < -0.39 is 23.3 Å². The molecule has 0 spiro atoms. The molecule has 2 amide bonds. The van der Waals surface area contributed by atoms with Gasteiger partial charge in [0.2, 0.25) is 11.8 Å². The van der Waals surface area contributed by atoms with E-state index in [9.17, 15) is 22.8 Å². The van der Waals surface area contributed by atoms with Crippen LogP contribution < -0.4 is 10.2 Å². The number of ether oxygens (including phenoxy) is 1. The molecule has 3 rings (SSSR count). The molecule has 1 aromatic carbocycles. The number of hydrogen-bond donors (Lipinski definition) is 1. The van der Waals surface area contributed by atoms with Crippen LogP contribution in [0.3, 0.4) is 0 Å². The van der Waals surface area contributed by atoms with Crippen molar-refractivity contribution >= 4 is 17.5 Å². The van der Waals surface area contributed by atoms with Crippen molar-refractivity contribution in [3.8, 4) is 6.07 Å². The number of hydrogen-bond acceptors (Lipinski definition) is 5. The minimum absolute atomic E-state index is 0.0528. The SMILES string of the molecule is COCC(=O)N1CCN(c2ccc(C#N)c(C(F)(F)F)c2)CC1C(=O)NC1CC1. The highest BCUT2D eigenvalue weighted by atomic mass is 19.4. The summed E-state index contributed by atoms with van der Waals surface area (Å²) in [6, 6.07) is 4.27. The van der Waals surface area contributed by atoms with Gasteiger partial charge in [0.1, 0.15) is 12.6 Å². The Morgan fingerprint density at radius 2 is 2.03 bits per heavy atom. The summed E-state index contributed by atoms with van der Waals surface area (Å²) in [6.07, 6.45) is -2.92. The third-order valence-electron chi connectivity index (χ3n) is 4.99. The maximum Gasteiger partial charge on any atom is 0.417 e. The largest absolute Gasteiger partial charge is 0.417 e. The predicted octanol–water partition coefficient (Wildman–Crippen LogP) is 1.52. The zero-order valence-corrected chi connectivity index (χ0v) is 15.8. The van der Waals surface area contributed by atoms with Crippen molar-refractivity contribution in [2.45, 2.75) is 31.1 Å².